The first-order chi connectivity index (χ1) is 8.16. The lowest BCUT2D eigenvalue weighted by atomic mass is 10.1. The van der Waals surface area contributed by atoms with E-state index in [1.165, 1.54) is 0 Å². The van der Waals surface area contributed by atoms with Crippen molar-refractivity contribution in [2.24, 2.45) is 10.8 Å². The molecule has 86 valence electrons. The number of para-hydroxylation sites is 1. The molecule has 0 radical (unpaired) electrons. The van der Waals surface area contributed by atoms with Crippen molar-refractivity contribution in [1.29, 1.82) is 0 Å². The van der Waals surface area contributed by atoms with Crippen LogP contribution in [-0.2, 0) is 0 Å². The van der Waals surface area contributed by atoms with Gasteiger partial charge >= 0.3 is 6.03 Å². The molecule has 1 aromatic heterocycles. The minimum absolute atomic E-state index is 0.655. The molecule has 3 N–H and O–H groups in total. The average Bonchev–Trinajstić information content (AvgIpc) is 2.35. The van der Waals surface area contributed by atoms with Crippen molar-refractivity contribution in [2.45, 2.75) is 6.92 Å². The van der Waals surface area contributed by atoms with Crippen molar-refractivity contribution in [3.05, 3.63) is 42.1 Å². The Balaban J connectivity index is 2.36. The molecule has 0 saturated heterocycles. The first kappa shape index (κ1) is 11.1. The summed E-state index contributed by atoms with van der Waals surface area (Å²) in [5.74, 6) is 0. The standard InChI is InChI=1S/C12H12N4O/c1-8(15-16-12(13)17)10-6-9-4-2-3-5-11(9)14-7-10/h2-7H,1H3,(H3,13,16,17)/b15-8+. The molecule has 1 aromatic carbocycles. The SMILES string of the molecule is C/C(=N\NC(N)=O)c1cnc2ccccc2c1. The average molecular weight is 228 g/mol. The highest BCUT2D eigenvalue weighted by Gasteiger charge is 2.01. The molecule has 0 fully saturated rings. The number of nitrogens with zero attached hydrogens (tertiary/aromatic N) is 2. The molecule has 0 unspecified atom stereocenters. The Labute approximate surface area is 98.3 Å². The second-order valence-corrected chi connectivity index (χ2v) is 3.59. The number of urea groups is 1. The third kappa shape index (κ3) is 2.57. The van der Waals surface area contributed by atoms with Gasteiger partial charge in [-0.1, -0.05) is 18.2 Å². The van der Waals surface area contributed by atoms with E-state index in [0.29, 0.717) is 5.71 Å². The van der Waals surface area contributed by atoms with Gasteiger partial charge in [-0.15, -0.1) is 0 Å². The lowest BCUT2D eigenvalue weighted by Gasteiger charge is -2.02. The molecule has 17 heavy (non-hydrogen) atoms. The number of nitrogens with one attached hydrogen (secondary N) is 1. The van der Waals surface area contributed by atoms with Gasteiger partial charge in [0.25, 0.3) is 0 Å². The smallest absolute Gasteiger partial charge is 0.332 e. The van der Waals surface area contributed by atoms with Crippen LogP contribution < -0.4 is 11.2 Å². The van der Waals surface area contributed by atoms with Gasteiger partial charge in [0.05, 0.1) is 11.2 Å². The molecule has 2 rings (SSSR count). The van der Waals surface area contributed by atoms with Gasteiger partial charge in [-0.3, -0.25) is 4.98 Å². The van der Waals surface area contributed by atoms with Gasteiger partial charge in [0.2, 0.25) is 0 Å². The number of nitrogens with two attached hydrogens (primary N) is 1. The zero-order chi connectivity index (χ0) is 12.3. The number of benzene rings is 1. The Morgan fingerprint density at radius 1 is 1.41 bits per heavy atom. The fourth-order valence-corrected chi connectivity index (χ4v) is 1.47. The monoisotopic (exact) mass is 228 g/mol. The molecule has 2 aromatic rings. The van der Waals surface area contributed by atoms with Crippen molar-refractivity contribution in [1.82, 2.24) is 10.4 Å². The highest BCUT2D eigenvalue weighted by atomic mass is 16.2. The van der Waals surface area contributed by atoms with Gasteiger partial charge in [0, 0.05) is 17.1 Å². The molecule has 5 heteroatoms. The molecule has 1 heterocycles. The van der Waals surface area contributed by atoms with Crippen LogP contribution in [0.25, 0.3) is 10.9 Å². The molecule has 0 aliphatic heterocycles. The van der Waals surface area contributed by atoms with Crippen LogP contribution in [-0.4, -0.2) is 16.7 Å². The summed E-state index contributed by atoms with van der Waals surface area (Å²) < 4.78 is 0. The normalized spacial score (nSPS) is 11.5. The fraction of sp³-hybridized carbons (Fsp3) is 0.0833. The van der Waals surface area contributed by atoms with E-state index in [4.69, 9.17) is 5.73 Å². The van der Waals surface area contributed by atoms with Crippen molar-refractivity contribution in [3.63, 3.8) is 0 Å². The van der Waals surface area contributed by atoms with E-state index in [-0.39, 0.29) is 0 Å². The number of aromatic nitrogens is 1. The van der Waals surface area contributed by atoms with Crippen molar-refractivity contribution < 1.29 is 4.79 Å². The third-order valence-electron chi connectivity index (χ3n) is 2.34. The zero-order valence-electron chi connectivity index (χ0n) is 9.34. The topological polar surface area (TPSA) is 80.4 Å². The number of pyridine rings is 1. The minimum atomic E-state index is -0.682. The predicted octanol–water partition coefficient (Wildman–Crippen LogP) is 1.63. The zero-order valence-corrected chi connectivity index (χ0v) is 9.34. The van der Waals surface area contributed by atoms with E-state index >= 15 is 0 Å². The molecule has 5 nitrogen and oxygen atoms in total. The number of hydrogen-bond donors (Lipinski definition) is 2. The van der Waals surface area contributed by atoms with Crippen LogP contribution in [0.1, 0.15) is 12.5 Å². The summed E-state index contributed by atoms with van der Waals surface area (Å²) in [5.41, 5.74) is 9.55. The van der Waals surface area contributed by atoms with Gasteiger partial charge in [0.1, 0.15) is 0 Å². The second-order valence-electron chi connectivity index (χ2n) is 3.59. The van der Waals surface area contributed by atoms with Crippen LogP contribution in [0.3, 0.4) is 0 Å². The maximum Gasteiger partial charge on any atom is 0.332 e. The number of carbonyl (C=O) groups excluding carboxylic acids is 1. The van der Waals surface area contributed by atoms with Crippen LogP contribution in [0.2, 0.25) is 0 Å². The number of amides is 2. The largest absolute Gasteiger partial charge is 0.350 e. The van der Waals surface area contributed by atoms with Gasteiger partial charge in [0.15, 0.2) is 0 Å². The Bertz CT molecular complexity index is 592. The highest BCUT2D eigenvalue weighted by molar-refractivity contribution is 6.01. The van der Waals surface area contributed by atoms with Crippen LogP contribution in [0.5, 0.6) is 0 Å². The lowest BCUT2D eigenvalue weighted by molar-refractivity contribution is 0.249. The number of fused-ring (bicyclic) bond motifs is 1. The van der Waals surface area contributed by atoms with Gasteiger partial charge in [-0.25, -0.2) is 10.2 Å². The second kappa shape index (κ2) is 4.61. The van der Waals surface area contributed by atoms with Crippen molar-refractivity contribution >= 4 is 22.6 Å². The van der Waals surface area contributed by atoms with E-state index < -0.39 is 6.03 Å². The first-order valence-electron chi connectivity index (χ1n) is 5.12. The van der Waals surface area contributed by atoms with E-state index in [0.717, 1.165) is 16.5 Å². The minimum Gasteiger partial charge on any atom is -0.350 e. The summed E-state index contributed by atoms with van der Waals surface area (Å²) in [6.45, 7) is 1.78. The van der Waals surface area contributed by atoms with Crippen molar-refractivity contribution in [2.75, 3.05) is 0 Å². The Hall–Kier alpha value is -2.43. The van der Waals surface area contributed by atoms with E-state index in [1.807, 2.05) is 30.3 Å². The summed E-state index contributed by atoms with van der Waals surface area (Å²) in [6.07, 6.45) is 1.71. The Kier molecular flexibility index (Phi) is 3.00. The van der Waals surface area contributed by atoms with Crippen LogP contribution >= 0.6 is 0 Å². The maximum atomic E-state index is 10.5. The Morgan fingerprint density at radius 2 is 2.18 bits per heavy atom. The summed E-state index contributed by atoms with van der Waals surface area (Å²) in [4.78, 5) is 14.8. The molecule has 0 spiro atoms. The number of carbonyl (C=O) groups is 1. The number of rotatable bonds is 2. The molecule has 0 atom stereocenters. The lowest BCUT2D eigenvalue weighted by Crippen LogP contribution is -2.25. The van der Waals surface area contributed by atoms with Crippen LogP contribution in [0.4, 0.5) is 4.79 Å². The predicted molar refractivity (Wildman–Crippen MR) is 66.7 cm³/mol. The molecule has 0 bridgehead atoms. The first-order valence-corrected chi connectivity index (χ1v) is 5.12. The quantitative estimate of drug-likeness (QED) is 0.605. The van der Waals surface area contributed by atoms with Crippen LogP contribution in [0.15, 0.2) is 41.6 Å². The summed E-state index contributed by atoms with van der Waals surface area (Å²) in [5, 5.41) is 4.88. The molecule has 2 amide bonds. The fourth-order valence-electron chi connectivity index (χ4n) is 1.47. The molecule has 0 saturated carbocycles. The maximum absolute atomic E-state index is 10.5. The van der Waals surface area contributed by atoms with E-state index in [1.54, 1.807) is 13.1 Å². The summed E-state index contributed by atoms with van der Waals surface area (Å²) >= 11 is 0. The third-order valence-corrected chi connectivity index (χ3v) is 2.34. The summed E-state index contributed by atoms with van der Waals surface area (Å²) in [6, 6.07) is 9.07. The Morgan fingerprint density at radius 3 is 2.94 bits per heavy atom. The summed E-state index contributed by atoms with van der Waals surface area (Å²) in [7, 11) is 0. The van der Waals surface area contributed by atoms with Gasteiger partial charge in [-0.2, -0.15) is 5.10 Å². The van der Waals surface area contributed by atoms with Gasteiger partial charge in [-0.05, 0) is 19.1 Å². The number of hydrogen-bond acceptors (Lipinski definition) is 3. The van der Waals surface area contributed by atoms with Crippen molar-refractivity contribution in [3.8, 4) is 0 Å². The van der Waals surface area contributed by atoms with E-state index in [9.17, 15) is 4.79 Å². The molecule has 0 aliphatic rings. The van der Waals surface area contributed by atoms with Crippen LogP contribution in [0, 0.1) is 0 Å². The molecule has 0 aliphatic carbocycles. The van der Waals surface area contributed by atoms with Gasteiger partial charge < -0.3 is 5.73 Å². The molecular formula is C12H12N4O. The van der Waals surface area contributed by atoms with E-state index in [2.05, 4.69) is 15.5 Å². The number of hydrazone groups is 1. The molecular weight excluding hydrogens is 216 g/mol. The highest BCUT2D eigenvalue weighted by Crippen LogP contribution is 2.13. The number of primary amides is 1.